The Labute approximate surface area is 243 Å². The van der Waals surface area contributed by atoms with E-state index in [9.17, 15) is 15.0 Å². The van der Waals surface area contributed by atoms with Gasteiger partial charge in [0.1, 0.15) is 36.0 Å². The van der Waals surface area contributed by atoms with Crippen LogP contribution in [0.5, 0.6) is 5.75 Å². The molecule has 228 valence electrons. The van der Waals surface area contributed by atoms with Crippen molar-refractivity contribution in [1.82, 2.24) is 0 Å². The maximum absolute atomic E-state index is 14.4. The van der Waals surface area contributed by atoms with Crippen LogP contribution < -0.4 is 4.74 Å². The Hall–Kier alpha value is -2.11. The second-order valence-electron chi connectivity index (χ2n) is 12.7. The number of fused-ring (bicyclic) bond motifs is 2. The number of hydrogen-bond donors (Lipinski definition) is 2. The number of ether oxygens (including phenoxy) is 6. The van der Waals surface area contributed by atoms with Crippen LogP contribution in [0.1, 0.15) is 53.0 Å². The molecule has 0 amide bonds. The maximum Gasteiger partial charge on any atom is 0.193 e. The van der Waals surface area contributed by atoms with Crippen molar-refractivity contribution in [3.8, 4) is 5.75 Å². The van der Waals surface area contributed by atoms with Gasteiger partial charge in [0.2, 0.25) is 0 Å². The van der Waals surface area contributed by atoms with Gasteiger partial charge in [-0.25, -0.2) is 0 Å². The summed E-state index contributed by atoms with van der Waals surface area (Å²) in [5.74, 6) is -2.20. The molecule has 0 spiro atoms. The lowest BCUT2D eigenvalue weighted by Gasteiger charge is -2.46. The molecule has 3 aliphatic rings. The lowest BCUT2D eigenvalue weighted by molar-refractivity contribution is -0.219. The quantitative estimate of drug-likeness (QED) is 0.317. The van der Waals surface area contributed by atoms with E-state index < -0.39 is 51.9 Å². The number of aliphatic hydroxyl groups is 2. The van der Waals surface area contributed by atoms with Gasteiger partial charge in [-0.3, -0.25) is 4.79 Å². The molecule has 2 bridgehead atoms. The molecule has 9 nitrogen and oxygen atoms in total. The van der Waals surface area contributed by atoms with Crippen molar-refractivity contribution in [3.63, 3.8) is 0 Å². The average molecular weight is 575 g/mol. The number of benzene rings is 1. The topological polar surface area (TPSA) is 113 Å². The van der Waals surface area contributed by atoms with E-state index in [0.717, 1.165) is 11.3 Å². The smallest absolute Gasteiger partial charge is 0.193 e. The van der Waals surface area contributed by atoms with Gasteiger partial charge >= 0.3 is 0 Å². The molecule has 1 aromatic rings. The lowest BCUT2D eigenvalue weighted by atomic mass is 9.68. The lowest BCUT2D eigenvalue weighted by Crippen LogP contribution is -2.63. The second kappa shape index (κ2) is 11.5. The van der Waals surface area contributed by atoms with Crippen LogP contribution in [0.2, 0.25) is 0 Å². The van der Waals surface area contributed by atoms with E-state index in [4.69, 9.17) is 28.4 Å². The number of carbonyl (C=O) groups excluding carboxylic acids is 1. The van der Waals surface area contributed by atoms with Gasteiger partial charge in [0.15, 0.2) is 11.6 Å². The monoisotopic (exact) mass is 574 g/mol. The number of hydrogen-bond acceptors (Lipinski definition) is 9. The fourth-order valence-electron chi connectivity index (χ4n) is 6.84. The van der Waals surface area contributed by atoms with E-state index in [1.807, 2.05) is 38.1 Å². The van der Waals surface area contributed by atoms with E-state index in [1.54, 1.807) is 39.2 Å². The summed E-state index contributed by atoms with van der Waals surface area (Å²) in [4.78, 5) is 14.4. The third-order valence-electron chi connectivity index (χ3n) is 9.43. The first kappa shape index (κ1) is 31.8. The summed E-state index contributed by atoms with van der Waals surface area (Å²) in [7, 11) is 3.09. The molecular weight excluding hydrogens is 528 g/mol. The molecule has 9 heteroatoms. The summed E-state index contributed by atoms with van der Waals surface area (Å²) < 4.78 is 35.5. The Morgan fingerprint density at radius 3 is 2.37 bits per heavy atom. The van der Waals surface area contributed by atoms with Gasteiger partial charge in [-0.05, 0) is 51.3 Å². The van der Waals surface area contributed by atoms with Gasteiger partial charge < -0.3 is 38.6 Å². The second-order valence-corrected chi connectivity index (χ2v) is 12.7. The van der Waals surface area contributed by atoms with Crippen LogP contribution >= 0.6 is 0 Å². The molecule has 1 aliphatic heterocycles. The third-order valence-corrected chi connectivity index (χ3v) is 9.43. The van der Waals surface area contributed by atoms with Gasteiger partial charge in [-0.1, -0.05) is 44.2 Å². The van der Waals surface area contributed by atoms with E-state index in [2.05, 4.69) is 6.58 Å². The van der Waals surface area contributed by atoms with Crippen molar-refractivity contribution in [2.75, 3.05) is 27.6 Å². The van der Waals surface area contributed by atoms with Gasteiger partial charge in [-0.2, -0.15) is 0 Å². The predicted molar refractivity (Wildman–Crippen MR) is 152 cm³/mol. The zero-order chi connectivity index (χ0) is 30.3. The molecule has 2 N–H and O–H groups in total. The molecule has 1 aromatic carbocycles. The molecule has 1 heterocycles. The van der Waals surface area contributed by atoms with Gasteiger partial charge in [-0.15, -0.1) is 6.58 Å². The molecule has 41 heavy (non-hydrogen) atoms. The largest absolute Gasteiger partial charge is 0.497 e. The van der Waals surface area contributed by atoms with Crippen molar-refractivity contribution in [2.45, 2.75) is 88.9 Å². The Balaban J connectivity index is 1.80. The van der Waals surface area contributed by atoms with Crippen LogP contribution in [-0.4, -0.2) is 78.4 Å². The third kappa shape index (κ3) is 5.66. The van der Waals surface area contributed by atoms with Crippen LogP contribution in [0.25, 0.3) is 0 Å². The fraction of sp³-hybridized carbons (Fsp3) is 0.656. The highest BCUT2D eigenvalue weighted by Crippen LogP contribution is 2.56. The van der Waals surface area contributed by atoms with Gasteiger partial charge in [0, 0.05) is 24.4 Å². The van der Waals surface area contributed by atoms with E-state index in [-0.39, 0.29) is 25.9 Å². The predicted octanol–water partition coefficient (Wildman–Crippen LogP) is 3.95. The first-order chi connectivity index (χ1) is 19.2. The zero-order valence-corrected chi connectivity index (χ0v) is 25.3. The van der Waals surface area contributed by atoms with Gasteiger partial charge in [0.05, 0.1) is 25.9 Å². The molecule has 1 saturated heterocycles. The van der Waals surface area contributed by atoms with E-state index >= 15 is 0 Å². The maximum atomic E-state index is 14.4. The van der Waals surface area contributed by atoms with Crippen molar-refractivity contribution in [2.24, 2.45) is 17.3 Å². The Bertz CT molecular complexity index is 1120. The summed E-state index contributed by atoms with van der Waals surface area (Å²) in [5.41, 5.74) is -4.47. The zero-order valence-electron chi connectivity index (χ0n) is 25.3. The minimum absolute atomic E-state index is 0.00653. The molecule has 2 aliphatic carbocycles. The number of carbonyl (C=O) groups is 1. The normalized spacial score (nSPS) is 37.6. The van der Waals surface area contributed by atoms with Crippen LogP contribution in [0.4, 0.5) is 0 Å². The minimum Gasteiger partial charge on any atom is -0.497 e. The molecule has 4 rings (SSSR count). The summed E-state index contributed by atoms with van der Waals surface area (Å²) >= 11 is 0. The molecule has 0 radical (unpaired) electrons. The van der Waals surface area contributed by atoms with Crippen LogP contribution in [-0.2, 0) is 35.1 Å². The molecule has 0 unspecified atom stereocenters. The van der Waals surface area contributed by atoms with Crippen molar-refractivity contribution in [3.05, 3.63) is 54.6 Å². The van der Waals surface area contributed by atoms with Crippen molar-refractivity contribution >= 4 is 5.78 Å². The SMILES string of the molecule is C=C[C@@H](OCc1ccc(OC)cc1)[C@]1([C@H]2/C=C\[C@]3(O)CC[C@H]([C@@H](OCOC)C(=O)[C@]2(C)O)C3(C)C)COC(C)(C)O1. The average Bonchev–Trinajstić information content (AvgIpc) is 3.37. The van der Waals surface area contributed by atoms with Crippen LogP contribution in [0.3, 0.4) is 0 Å². The Kier molecular flexibility index (Phi) is 8.94. The van der Waals surface area contributed by atoms with E-state index in [0.29, 0.717) is 12.8 Å². The molecule has 1 saturated carbocycles. The number of rotatable bonds is 10. The van der Waals surface area contributed by atoms with E-state index in [1.165, 1.54) is 14.0 Å². The van der Waals surface area contributed by atoms with Crippen molar-refractivity contribution < 1.29 is 43.4 Å². The number of Topliss-reactive ketones (excluding diaryl/α,β-unsaturated/α-hetero) is 1. The highest BCUT2D eigenvalue weighted by atomic mass is 16.8. The summed E-state index contributed by atoms with van der Waals surface area (Å²) in [6.45, 7) is 13.0. The summed E-state index contributed by atoms with van der Waals surface area (Å²) in [6.07, 6.45) is 4.19. The van der Waals surface area contributed by atoms with Crippen LogP contribution in [0.15, 0.2) is 49.1 Å². The molecule has 2 fully saturated rings. The molecule has 0 aromatic heterocycles. The van der Waals surface area contributed by atoms with Crippen LogP contribution in [0, 0.1) is 17.3 Å². The summed E-state index contributed by atoms with van der Waals surface area (Å²) in [6, 6.07) is 7.48. The highest BCUT2D eigenvalue weighted by molar-refractivity contribution is 5.92. The first-order valence-electron chi connectivity index (χ1n) is 14.2. The minimum atomic E-state index is -2.00. The first-order valence-corrected chi connectivity index (χ1v) is 14.2. The van der Waals surface area contributed by atoms with Crippen molar-refractivity contribution in [1.29, 1.82) is 0 Å². The Morgan fingerprint density at radius 2 is 1.80 bits per heavy atom. The molecule has 7 atom stereocenters. The Morgan fingerprint density at radius 1 is 1.12 bits per heavy atom. The fourth-order valence-corrected chi connectivity index (χ4v) is 6.84. The molecular formula is C32H46O9. The summed E-state index contributed by atoms with van der Waals surface area (Å²) in [5, 5.41) is 24.1. The highest BCUT2D eigenvalue weighted by Gasteiger charge is 2.65. The number of ketones is 1. The standard InChI is InChI=1S/C32H46O9/c1-9-25(38-18-21-10-12-22(37-8)13-11-21)32(19-40-29(4,5)41-32)24-15-17-31(35)16-14-23(28(31,2)3)26(39-20-36-7)27(33)30(24,6)34/h9-13,15,17,23-26,34-35H,1,14,16,18-20H2,2-8H3/b17-15-/t23-,24+,25-,26-,30-,31-,32-/m1/s1. The number of methoxy groups -OCH3 is 2. The van der Waals surface area contributed by atoms with Gasteiger partial charge in [0.25, 0.3) is 0 Å².